The van der Waals surface area contributed by atoms with Crippen molar-refractivity contribution in [1.82, 2.24) is 4.90 Å². The Labute approximate surface area is 160 Å². The summed E-state index contributed by atoms with van der Waals surface area (Å²) in [5, 5.41) is 1.11. The Kier molecular flexibility index (Phi) is 4.78. The molecule has 0 spiro atoms. The fourth-order valence-electron chi connectivity index (χ4n) is 3.27. The number of amides is 1. The Morgan fingerprint density at radius 1 is 1.08 bits per heavy atom. The molecule has 1 amide bonds. The zero-order chi connectivity index (χ0) is 18.1. The van der Waals surface area contributed by atoms with Crippen molar-refractivity contribution in [3.8, 4) is 11.5 Å². The summed E-state index contributed by atoms with van der Waals surface area (Å²) in [6.45, 7) is 0.594. The quantitative estimate of drug-likeness (QED) is 0.639. The minimum atomic E-state index is -0.112. The molecule has 2 aromatic carbocycles. The van der Waals surface area contributed by atoms with Crippen LogP contribution in [-0.2, 0) is 11.3 Å². The standard InChI is InChI=1S/C20H19NO3S2/c1-23-15-7-5-8-16(24-2)19(15)20-21(18(22)12-25-20)11-14-10-13-6-3-4-9-17(13)26-14/h3-10,20H,11-12H2,1-2H3. The number of hydrogen-bond acceptors (Lipinski definition) is 5. The van der Waals surface area contributed by atoms with Gasteiger partial charge < -0.3 is 14.4 Å². The Morgan fingerprint density at radius 3 is 2.50 bits per heavy atom. The van der Waals surface area contributed by atoms with Crippen LogP contribution in [-0.4, -0.2) is 30.8 Å². The SMILES string of the molecule is COc1cccc(OC)c1C1SCC(=O)N1Cc1cc2ccccc2s1. The number of carbonyl (C=O) groups is 1. The van der Waals surface area contributed by atoms with Gasteiger partial charge in [0.25, 0.3) is 0 Å². The molecule has 1 unspecified atom stereocenters. The summed E-state index contributed by atoms with van der Waals surface area (Å²) < 4.78 is 12.4. The van der Waals surface area contributed by atoms with Crippen LogP contribution in [0.15, 0.2) is 48.5 Å². The predicted octanol–water partition coefficient (Wildman–Crippen LogP) is 4.69. The van der Waals surface area contributed by atoms with E-state index in [2.05, 4.69) is 18.2 Å². The number of nitrogens with zero attached hydrogens (tertiary/aromatic N) is 1. The lowest BCUT2D eigenvalue weighted by Gasteiger charge is -2.26. The van der Waals surface area contributed by atoms with E-state index in [0.717, 1.165) is 17.1 Å². The van der Waals surface area contributed by atoms with E-state index < -0.39 is 0 Å². The Bertz CT molecular complexity index is 898. The molecule has 0 bridgehead atoms. The summed E-state index contributed by atoms with van der Waals surface area (Å²) >= 11 is 3.36. The molecule has 1 aliphatic rings. The summed E-state index contributed by atoms with van der Waals surface area (Å²) in [5.41, 5.74) is 0.925. The van der Waals surface area contributed by atoms with E-state index in [4.69, 9.17) is 9.47 Å². The highest BCUT2D eigenvalue weighted by Gasteiger charge is 2.36. The fourth-order valence-corrected chi connectivity index (χ4v) is 5.57. The number of thiophene rings is 1. The molecule has 0 radical (unpaired) electrons. The van der Waals surface area contributed by atoms with Crippen LogP contribution in [0, 0.1) is 0 Å². The molecular weight excluding hydrogens is 366 g/mol. The molecule has 1 fully saturated rings. The fraction of sp³-hybridized carbons (Fsp3) is 0.250. The van der Waals surface area contributed by atoms with Gasteiger partial charge in [0.05, 0.1) is 32.1 Å². The highest BCUT2D eigenvalue weighted by Crippen LogP contribution is 2.47. The molecule has 6 heteroatoms. The molecule has 26 heavy (non-hydrogen) atoms. The van der Waals surface area contributed by atoms with Gasteiger partial charge in [0.15, 0.2) is 0 Å². The van der Waals surface area contributed by atoms with Crippen LogP contribution < -0.4 is 9.47 Å². The summed E-state index contributed by atoms with van der Waals surface area (Å²) in [6.07, 6.45) is 0. The monoisotopic (exact) mass is 385 g/mol. The maximum atomic E-state index is 12.6. The van der Waals surface area contributed by atoms with Gasteiger partial charge in [0.1, 0.15) is 16.9 Å². The van der Waals surface area contributed by atoms with Crippen molar-refractivity contribution in [3.05, 3.63) is 59.0 Å². The molecule has 0 N–H and O–H groups in total. The molecule has 2 heterocycles. The molecule has 134 valence electrons. The van der Waals surface area contributed by atoms with Gasteiger partial charge >= 0.3 is 0 Å². The molecule has 4 nitrogen and oxygen atoms in total. The Hall–Kier alpha value is -2.18. The zero-order valence-corrected chi connectivity index (χ0v) is 16.2. The molecule has 0 aliphatic carbocycles. The lowest BCUT2D eigenvalue weighted by atomic mass is 10.1. The van der Waals surface area contributed by atoms with E-state index in [1.54, 1.807) is 37.3 Å². The van der Waals surface area contributed by atoms with Gasteiger partial charge in [-0.1, -0.05) is 24.3 Å². The van der Waals surface area contributed by atoms with Gasteiger partial charge in [-0.25, -0.2) is 0 Å². The molecule has 4 rings (SSSR count). The number of methoxy groups -OCH3 is 2. The number of rotatable bonds is 5. The van der Waals surface area contributed by atoms with Crippen LogP contribution in [0.3, 0.4) is 0 Å². The van der Waals surface area contributed by atoms with Crippen LogP contribution in [0.4, 0.5) is 0 Å². The third-order valence-corrected chi connectivity index (χ3v) is 6.80. The second kappa shape index (κ2) is 7.21. The second-order valence-electron chi connectivity index (χ2n) is 6.01. The van der Waals surface area contributed by atoms with Gasteiger partial charge in [0, 0.05) is 9.58 Å². The smallest absolute Gasteiger partial charge is 0.234 e. The van der Waals surface area contributed by atoms with E-state index in [-0.39, 0.29) is 11.3 Å². The van der Waals surface area contributed by atoms with E-state index in [9.17, 15) is 4.79 Å². The summed E-state index contributed by atoms with van der Waals surface area (Å²) in [6, 6.07) is 16.2. The maximum absolute atomic E-state index is 12.6. The molecule has 3 aromatic rings. The van der Waals surface area contributed by atoms with Crippen molar-refractivity contribution in [2.45, 2.75) is 11.9 Å². The normalized spacial score (nSPS) is 17.1. The first-order valence-electron chi connectivity index (χ1n) is 8.30. The average Bonchev–Trinajstić information content (AvgIpc) is 3.24. The number of carbonyl (C=O) groups excluding carboxylic acids is 1. The van der Waals surface area contributed by atoms with Gasteiger partial charge in [-0.2, -0.15) is 0 Å². The van der Waals surface area contributed by atoms with Gasteiger partial charge in [-0.15, -0.1) is 23.1 Å². The van der Waals surface area contributed by atoms with Crippen LogP contribution in [0.25, 0.3) is 10.1 Å². The highest BCUT2D eigenvalue weighted by atomic mass is 32.2. The van der Waals surface area contributed by atoms with E-state index in [1.807, 2.05) is 35.2 Å². The number of fused-ring (bicyclic) bond motifs is 1. The summed E-state index contributed by atoms with van der Waals surface area (Å²) in [4.78, 5) is 15.7. The van der Waals surface area contributed by atoms with Crippen molar-refractivity contribution >= 4 is 39.1 Å². The molecule has 1 atom stereocenters. The lowest BCUT2D eigenvalue weighted by Crippen LogP contribution is -2.27. The van der Waals surface area contributed by atoms with E-state index in [1.165, 1.54) is 15.0 Å². The largest absolute Gasteiger partial charge is 0.496 e. The van der Waals surface area contributed by atoms with Crippen molar-refractivity contribution in [1.29, 1.82) is 0 Å². The number of hydrogen-bond donors (Lipinski definition) is 0. The van der Waals surface area contributed by atoms with Crippen molar-refractivity contribution < 1.29 is 14.3 Å². The van der Waals surface area contributed by atoms with Crippen LogP contribution in [0.2, 0.25) is 0 Å². The second-order valence-corrected chi connectivity index (χ2v) is 8.25. The highest BCUT2D eigenvalue weighted by molar-refractivity contribution is 8.00. The summed E-state index contributed by atoms with van der Waals surface area (Å²) in [5.74, 6) is 2.11. The number of thioether (sulfide) groups is 1. The first-order valence-corrected chi connectivity index (χ1v) is 10.2. The van der Waals surface area contributed by atoms with Gasteiger partial charge in [0.2, 0.25) is 5.91 Å². The maximum Gasteiger partial charge on any atom is 0.234 e. The third-order valence-electron chi connectivity index (χ3n) is 4.48. The van der Waals surface area contributed by atoms with Crippen LogP contribution in [0.1, 0.15) is 15.8 Å². The molecular formula is C20H19NO3S2. The lowest BCUT2D eigenvalue weighted by molar-refractivity contribution is -0.128. The average molecular weight is 386 g/mol. The topological polar surface area (TPSA) is 38.8 Å². The third kappa shape index (κ3) is 3.04. The first-order chi connectivity index (χ1) is 12.7. The van der Waals surface area contributed by atoms with Crippen LogP contribution in [0.5, 0.6) is 11.5 Å². The van der Waals surface area contributed by atoms with Crippen LogP contribution >= 0.6 is 23.1 Å². The van der Waals surface area contributed by atoms with E-state index in [0.29, 0.717) is 12.3 Å². The first kappa shape index (κ1) is 17.2. The van der Waals surface area contributed by atoms with E-state index >= 15 is 0 Å². The minimum Gasteiger partial charge on any atom is -0.496 e. The van der Waals surface area contributed by atoms with Gasteiger partial charge in [-0.05, 0) is 29.7 Å². The predicted molar refractivity (Wildman–Crippen MR) is 107 cm³/mol. The minimum absolute atomic E-state index is 0.112. The molecule has 1 saturated heterocycles. The van der Waals surface area contributed by atoms with Crippen molar-refractivity contribution in [3.63, 3.8) is 0 Å². The molecule has 0 saturated carbocycles. The summed E-state index contributed by atoms with van der Waals surface area (Å²) in [7, 11) is 3.30. The molecule has 1 aromatic heterocycles. The zero-order valence-electron chi connectivity index (χ0n) is 14.6. The van der Waals surface area contributed by atoms with Crippen molar-refractivity contribution in [2.75, 3.05) is 20.0 Å². The Balaban J connectivity index is 1.70. The molecule has 1 aliphatic heterocycles. The number of ether oxygens (including phenoxy) is 2. The number of benzene rings is 2. The van der Waals surface area contributed by atoms with Crippen molar-refractivity contribution in [2.24, 2.45) is 0 Å². The van der Waals surface area contributed by atoms with Gasteiger partial charge in [-0.3, -0.25) is 4.79 Å². The Morgan fingerprint density at radius 2 is 1.81 bits per heavy atom.